The molecule has 0 unspecified atom stereocenters. The molecule has 0 aromatic heterocycles. The molecule has 1 amide bonds. The van der Waals surface area contributed by atoms with Crippen LogP contribution in [-0.2, 0) is 26.0 Å². The third-order valence-electron chi connectivity index (χ3n) is 5.71. The molecule has 4 rings (SSSR count). The van der Waals surface area contributed by atoms with E-state index < -0.39 is 16.1 Å². The lowest BCUT2D eigenvalue weighted by molar-refractivity contribution is -0.122. The molecule has 0 aliphatic carbocycles. The summed E-state index contributed by atoms with van der Waals surface area (Å²) in [5, 5.41) is 2.93. The Hall–Kier alpha value is -1.74. The molecule has 2 atom stereocenters. The van der Waals surface area contributed by atoms with Crippen molar-refractivity contribution >= 4 is 31.9 Å². The summed E-state index contributed by atoms with van der Waals surface area (Å²) in [6, 6.07) is 13.9. The van der Waals surface area contributed by atoms with Crippen LogP contribution in [-0.4, -0.2) is 44.4 Å². The van der Waals surface area contributed by atoms with Crippen LogP contribution in [0.5, 0.6) is 0 Å². The van der Waals surface area contributed by atoms with Gasteiger partial charge in [-0.3, -0.25) is 4.79 Å². The number of carbonyl (C=O) groups excluding carboxylic acids is 1. The molecule has 30 heavy (non-hydrogen) atoms. The Morgan fingerprint density at radius 3 is 2.67 bits per heavy atom. The van der Waals surface area contributed by atoms with Crippen LogP contribution in [0.15, 0.2) is 57.9 Å². The van der Waals surface area contributed by atoms with Crippen molar-refractivity contribution in [3.63, 3.8) is 0 Å². The van der Waals surface area contributed by atoms with E-state index in [9.17, 15) is 13.2 Å². The van der Waals surface area contributed by atoms with Gasteiger partial charge in [-0.15, -0.1) is 0 Å². The highest BCUT2D eigenvalue weighted by Crippen LogP contribution is 2.36. The normalized spacial score (nSPS) is 21.9. The van der Waals surface area contributed by atoms with Crippen LogP contribution >= 0.6 is 15.9 Å². The number of amides is 1. The van der Waals surface area contributed by atoms with Crippen molar-refractivity contribution in [2.75, 3.05) is 19.7 Å². The number of nitrogens with one attached hydrogen (secondary N) is 1. The molecule has 2 aromatic carbocycles. The first kappa shape index (κ1) is 21.5. The minimum absolute atomic E-state index is 0.0511. The maximum absolute atomic E-state index is 13.4. The van der Waals surface area contributed by atoms with Crippen molar-refractivity contribution in [3.05, 3.63) is 64.1 Å². The molecule has 1 saturated heterocycles. The van der Waals surface area contributed by atoms with E-state index >= 15 is 0 Å². The average molecular weight is 493 g/mol. The lowest BCUT2D eigenvalue weighted by Crippen LogP contribution is -2.42. The lowest BCUT2D eigenvalue weighted by Gasteiger charge is -2.36. The minimum atomic E-state index is -3.74. The highest BCUT2D eigenvalue weighted by molar-refractivity contribution is 9.10. The molecule has 2 aromatic rings. The number of carbonyl (C=O) groups is 1. The smallest absolute Gasteiger partial charge is 0.243 e. The van der Waals surface area contributed by atoms with E-state index in [1.807, 2.05) is 24.3 Å². The SMILES string of the molecule is O=C(C[C@@H]1c2ccccc2CCN1S(=O)(=O)c1ccc(Br)cc1)NC[C@H]1CCCO1. The van der Waals surface area contributed by atoms with Gasteiger partial charge in [0, 0.05) is 30.6 Å². The molecule has 160 valence electrons. The van der Waals surface area contributed by atoms with Gasteiger partial charge in [0.15, 0.2) is 0 Å². The fraction of sp³-hybridized carbons (Fsp3) is 0.409. The number of benzene rings is 2. The van der Waals surface area contributed by atoms with Crippen molar-refractivity contribution in [3.8, 4) is 0 Å². The van der Waals surface area contributed by atoms with Gasteiger partial charge < -0.3 is 10.1 Å². The van der Waals surface area contributed by atoms with E-state index in [4.69, 9.17) is 4.74 Å². The van der Waals surface area contributed by atoms with Crippen LogP contribution < -0.4 is 5.32 Å². The molecular formula is C22H25BrN2O4S. The Morgan fingerprint density at radius 2 is 1.93 bits per heavy atom. The van der Waals surface area contributed by atoms with Crippen molar-refractivity contribution in [2.45, 2.75) is 42.7 Å². The van der Waals surface area contributed by atoms with Gasteiger partial charge in [-0.05, 0) is 54.7 Å². The first-order valence-corrected chi connectivity index (χ1v) is 12.4. The quantitative estimate of drug-likeness (QED) is 0.670. The van der Waals surface area contributed by atoms with Gasteiger partial charge in [0.1, 0.15) is 0 Å². The average Bonchev–Trinajstić information content (AvgIpc) is 3.26. The van der Waals surface area contributed by atoms with Gasteiger partial charge in [0.05, 0.1) is 17.0 Å². The predicted molar refractivity (Wildman–Crippen MR) is 118 cm³/mol. The third kappa shape index (κ3) is 4.61. The summed E-state index contributed by atoms with van der Waals surface area (Å²) in [7, 11) is -3.74. The number of hydrogen-bond donors (Lipinski definition) is 1. The Morgan fingerprint density at radius 1 is 1.17 bits per heavy atom. The van der Waals surface area contributed by atoms with Gasteiger partial charge in [0.25, 0.3) is 0 Å². The molecule has 2 aliphatic rings. The van der Waals surface area contributed by atoms with Crippen molar-refractivity contribution < 1.29 is 17.9 Å². The lowest BCUT2D eigenvalue weighted by atomic mass is 9.92. The largest absolute Gasteiger partial charge is 0.376 e. The Kier molecular flexibility index (Phi) is 6.57. The van der Waals surface area contributed by atoms with E-state index in [1.54, 1.807) is 24.3 Å². The van der Waals surface area contributed by atoms with Crippen molar-refractivity contribution in [1.29, 1.82) is 0 Å². The predicted octanol–water partition coefficient (Wildman–Crippen LogP) is 3.42. The molecule has 0 saturated carbocycles. The molecule has 0 radical (unpaired) electrons. The van der Waals surface area contributed by atoms with Crippen molar-refractivity contribution in [2.24, 2.45) is 0 Å². The fourth-order valence-electron chi connectivity index (χ4n) is 4.15. The molecular weight excluding hydrogens is 468 g/mol. The zero-order valence-corrected chi connectivity index (χ0v) is 19.0. The molecule has 2 heterocycles. The molecule has 1 fully saturated rings. The molecule has 0 bridgehead atoms. The Balaban J connectivity index is 1.58. The van der Waals surface area contributed by atoms with Crippen LogP contribution in [0.4, 0.5) is 0 Å². The fourth-order valence-corrected chi connectivity index (χ4v) is 6.02. The monoisotopic (exact) mass is 492 g/mol. The highest BCUT2D eigenvalue weighted by atomic mass is 79.9. The number of hydrogen-bond acceptors (Lipinski definition) is 4. The summed E-state index contributed by atoms with van der Waals surface area (Å²) >= 11 is 3.35. The second kappa shape index (κ2) is 9.18. The van der Waals surface area contributed by atoms with Gasteiger partial charge in [-0.25, -0.2) is 8.42 Å². The molecule has 1 N–H and O–H groups in total. The summed E-state index contributed by atoms with van der Waals surface area (Å²) in [6.07, 6.45) is 2.71. The first-order valence-electron chi connectivity index (χ1n) is 10.2. The second-order valence-corrected chi connectivity index (χ2v) is 10.5. The number of rotatable bonds is 6. The van der Waals surface area contributed by atoms with Crippen molar-refractivity contribution in [1.82, 2.24) is 9.62 Å². The number of halogens is 1. The summed E-state index contributed by atoms with van der Waals surface area (Å²) < 4.78 is 34.7. The van der Waals surface area contributed by atoms with E-state index in [1.165, 1.54) is 4.31 Å². The standard InChI is InChI=1S/C22H25BrN2O4S/c23-17-7-9-19(10-8-17)30(27,28)25-12-11-16-4-1-2-6-20(16)21(25)14-22(26)24-15-18-5-3-13-29-18/h1-2,4,6-10,18,21H,3,5,11-15H2,(H,24,26)/t18-,21-/m1/s1. The van der Waals surface area contributed by atoms with Crippen LogP contribution in [0.3, 0.4) is 0 Å². The number of fused-ring (bicyclic) bond motifs is 1. The summed E-state index contributed by atoms with van der Waals surface area (Å²) in [5.41, 5.74) is 1.99. The van der Waals surface area contributed by atoms with Gasteiger partial charge in [-0.2, -0.15) is 4.31 Å². The summed E-state index contributed by atoms with van der Waals surface area (Å²) in [5.74, 6) is -0.164. The number of ether oxygens (including phenoxy) is 1. The first-order chi connectivity index (χ1) is 14.4. The van der Waals surface area contributed by atoms with E-state index in [0.717, 1.165) is 35.0 Å². The molecule has 0 spiro atoms. The summed E-state index contributed by atoms with van der Waals surface area (Å²) in [6.45, 7) is 1.54. The maximum atomic E-state index is 13.4. The highest BCUT2D eigenvalue weighted by Gasteiger charge is 2.37. The summed E-state index contributed by atoms with van der Waals surface area (Å²) in [4.78, 5) is 13.0. The maximum Gasteiger partial charge on any atom is 0.243 e. The molecule has 6 nitrogen and oxygen atoms in total. The van der Waals surface area contributed by atoms with Crippen LogP contribution in [0, 0.1) is 0 Å². The number of nitrogens with zero attached hydrogens (tertiary/aromatic N) is 1. The minimum Gasteiger partial charge on any atom is -0.376 e. The second-order valence-electron chi connectivity index (χ2n) is 7.68. The van der Waals surface area contributed by atoms with Gasteiger partial charge in [0.2, 0.25) is 15.9 Å². The van der Waals surface area contributed by atoms with Crippen LogP contribution in [0.1, 0.15) is 36.4 Å². The third-order valence-corrected chi connectivity index (χ3v) is 8.16. The zero-order chi connectivity index (χ0) is 21.1. The topological polar surface area (TPSA) is 75.7 Å². The van der Waals surface area contributed by atoms with E-state index in [2.05, 4.69) is 21.2 Å². The van der Waals surface area contributed by atoms with Crippen LogP contribution in [0.25, 0.3) is 0 Å². The Bertz CT molecular complexity index is 1000. The number of sulfonamides is 1. The zero-order valence-electron chi connectivity index (χ0n) is 16.6. The van der Waals surface area contributed by atoms with E-state index in [-0.39, 0.29) is 23.3 Å². The van der Waals surface area contributed by atoms with Gasteiger partial charge >= 0.3 is 0 Å². The van der Waals surface area contributed by atoms with E-state index in [0.29, 0.717) is 19.5 Å². The molecule has 2 aliphatic heterocycles. The Labute approximate surface area is 185 Å². The van der Waals surface area contributed by atoms with Crippen LogP contribution in [0.2, 0.25) is 0 Å². The molecule has 8 heteroatoms. The van der Waals surface area contributed by atoms with Gasteiger partial charge in [-0.1, -0.05) is 40.2 Å².